The molecule has 2 rings (SSSR count). The van der Waals surface area contributed by atoms with E-state index in [-0.39, 0.29) is 6.17 Å². The molecule has 1 aliphatic heterocycles. The topological polar surface area (TPSA) is 87.6 Å². The van der Waals surface area contributed by atoms with Gasteiger partial charge in [0.05, 0.1) is 12.2 Å². The van der Waals surface area contributed by atoms with Gasteiger partial charge in [0.1, 0.15) is 11.4 Å². The third kappa shape index (κ3) is 4.68. The largest absolute Gasteiger partial charge is 0.444 e. The second kappa shape index (κ2) is 6.86. The van der Waals surface area contributed by atoms with Crippen molar-refractivity contribution >= 4 is 18.1 Å². The molecule has 0 bridgehead atoms. The van der Waals surface area contributed by atoms with Crippen molar-refractivity contribution in [2.45, 2.75) is 39.1 Å². The van der Waals surface area contributed by atoms with Gasteiger partial charge in [0, 0.05) is 32.2 Å². The Morgan fingerprint density at radius 2 is 2.12 bits per heavy atom. The molecule has 0 saturated carbocycles. The average molecular weight is 335 g/mol. The Hall–Kier alpha value is -2.64. The first-order chi connectivity index (χ1) is 11.2. The molecule has 1 aromatic rings. The number of aryl methyl sites for hydroxylation is 1. The summed E-state index contributed by atoms with van der Waals surface area (Å²) >= 11 is 0. The van der Waals surface area contributed by atoms with Crippen LogP contribution in [0.5, 0.6) is 0 Å². The fraction of sp³-hybridized carbons (Fsp3) is 0.500. The number of nitrogens with zero attached hydrogens (tertiary/aromatic N) is 2. The van der Waals surface area contributed by atoms with Crippen molar-refractivity contribution in [1.82, 2.24) is 20.1 Å². The molecule has 132 valence electrons. The van der Waals surface area contributed by atoms with E-state index < -0.39 is 11.7 Å². The smallest absolute Gasteiger partial charge is 0.412 e. The third-order valence-electron chi connectivity index (χ3n) is 3.42. The van der Waals surface area contributed by atoms with E-state index in [0.29, 0.717) is 12.2 Å². The highest BCUT2D eigenvalue weighted by Gasteiger charge is 2.20. The van der Waals surface area contributed by atoms with Crippen LogP contribution < -0.4 is 16.0 Å². The van der Waals surface area contributed by atoms with E-state index in [2.05, 4.69) is 16.0 Å². The highest BCUT2D eigenvalue weighted by atomic mass is 16.6. The van der Waals surface area contributed by atoms with Gasteiger partial charge < -0.3 is 24.8 Å². The minimum absolute atomic E-state index is 0.342. The molecule has 0 radical (unpaired) electrons. The van der Waals surface area contributed by atoms with Crippen LogP contribution in [-0.2, 0) is 23.1 Å². The number of rotatable bonds is 5. The maximum absolute atomic E-state index is 11.8. The average Bonchev–Trinajstić information content (AvgIpc) is 2.97. The molecule has 1 atom stereocenters. The summed E-state index contributed by atoms with van der Waals surface area (Å²) in [7, 11) is 3.72. The van der Waals surface area contributed by atoms with Gasteiger partial charge in [0.15, 0.2) is 12.5 Å². The van der Waals surface area contributed by atoms with Crippen LogP contribution in [0.15, 0.2) is 24.3 Å². The number of nitrogens with one attached hydrogen (secondary N) is 3. The van der Waals surface area contributed by atoms with Crippen LogP contribution in [0.4, 0.5) is 10.5 Å². The van der Waals surface area contributed by atoms with Crippen LogP contribution in [0.25, 0.3) is 0 Å². The quantitative estimate of drug-likeness (QED) is 0.704. The molecule has 0 fully saturated rings. The zero-order valence-electron chi connectivity index (χ0n) is 14.7. The molecule has 0 saturated heterocycles. The Labute approximate surface area is 141 Å². The highest BCUT2D eigenvalue weighted by molar-refractivity contribution is 5.84. The minimum Gasteiger partial charge on any atom is -0.444 e. The van der Waals surface area contributed by atoms with Crippen molar-refractivity contribution in [1.29, 1.82) is 0 Å². The Bertz CT molecular complexity index is 645. The number of hydrogen-bond donors (Lipinski definition) is 3. The van der Waals surface area contributed by atoms with Crippen LogP contribution in [-0.4, -0.2) is 40.7 Å². The third-order valence-corrected chi connectivity index (χ3v) is 3.42. The number of likely N-dealkylation sites (N-methyl/N-ethyl adjacent to an activating group) is 1. The molecule has 0 aromatic carbocycles. The molecular weight excluding hydrogens is 310 g/mol. The number of ether oxygens (including phenoxy) is 1. The fourth-order valence-electron chi connectivity index (χ4n) is 2.27. The maximum Gasteiger partial charge on any atom is 0.412 e. The maximum atomic E-state index is 11.8. The first-order valence-corrected chi connectivity index (χ1v) is 7.72. The predicted octanol–water partition coefficient (Wildman–Crippen LogP) is 1.32. The van der Waals surface area contributed by atoms with Crippen molar-refractivity contribution in [3.8, 4) is 0 Å². The van der Waals surface area contributed by atoms with Crippen molar-refractivity contribution in [3.05, 3.63) is 30.0 Å². The van der Waals surface area contributed by atoms with E-state index in [9.17, 15) is 9.59 Å². The number of aromatic nitrogens is 1. The summed E-state index contributed by atoms with van der Waals surface area (Å²) in [6.07, 6.45) is 3.67. The first kappa shape index (κ1) is 17.7. The van der Waals surface area contributed by atoms with Crippen molar-refractivity contribution < 1.29 is 14.3 Å². The van der Waals surface area contributed by atoms with Crippen LogP contribution in [0.1, 0.15) is 26.5 Å². The molecule has 24 heavy (non-hydrogen) atoms. The van der Waals surface area contributed by atoms with Gasteiger partial charge in [-0.25, -0.2) is 4.79 Å². The van der Waals surface area contributed by atoms with Gasteiger partial charge in [0.25, 0.3) is 0 Å². The summed E-state index contributed by atoms with van der Waals surface area (Å²) in [5.41, 5.74) is 1.10. The minimum atomic E-state index is -0.537. The number of carbonyl (C=O) groups is 2. The molecule has 2 heterocycles. The van der Waals surface area contributed by atoms with Crippen molar-refractivity contribution in [3.63, 3.8) is 0 Å². The summed E-state index contributed by atoms with van der Waals surface area (Å²) in [6, 6.07) is 1.87. The zero-order chi connectivity index (χ0) is 17.9. The Morgan fingerprint density at radius 1 is 1.42 bits per heavy atom. The number of anilines is 1. The molecule has 1 aliphatic rings. The van der Waals surface area contributed by atoms with Gasteiger partial charge in [0.2, 0.25) is 0 Å². The van der Waals surface area contributed by atoms with Gasteiger partial charge in [-0.3, -0.25) is 10.1 Å². The number of amides is 1. The number of carbonyl (C=O) groups excluding carboxylic acids is 2. The Morgan fingerprint density at radius 3 is 2.71 bits per heavy atom. The molecule has 1 unspecified atom stereocenters. The van der Waals surface area contributed by atoms with Crippen molar-refractivity contribution in [2.24, 2.45) is 7.05 Å². The molecule has 8 heteroatoms. The van der Waals surface area contributed by atoms with E-state index in [1.165, 1.54) is 0 Å². The first-order valence-electron chi connectivity index (χ1n) is 7.72. The van der Waals surface area contributed by atoms with Gasteiger partial charge in [-0.15, -0.1) is 0 Å². The SMILES string of the molecule is CN1C=C(NCc2cc(NC(=O)OC(C)(C)C)cn2C)NC1C=O. The molecule has 8 nitrogen and oxygen atoms in total. The summed E-state index contributed by atoms with van der Waals surface area (Å²) in [4.78, 5) is 24.5. The van der Waals surface area contributed by atoms with E-state index in [0.717, 1.165) is 17.8 Å². The molecular formula is C16H25N5O3. The Kier molecular flexibility index (Phi) is 5.06. The summed E-state index contributed by atoms with van der Waals surface area (Å²) in [5.74, 6) is 0.775. The monoisotopic (exact) mass is 335 g/mol. The van der Waals surface area contributed by atoms with Gasteiger partial charge >= 0.3 is 6.09 Å². The van der Waals surface area contributed by atoms with Gasteiger partial charge in [-0.1, -0.05) is 0 Å². The van der Waals surface area contributed by atoms with Crippen LogP contribution in [0, 0.1) is 0 Å². The van der Waals surface area contributed by atoms with E-state index in [1.807, 2.05) is 57.9 Å². The standard InChI is InChI=1S/C16H25N5O3/c1-16(2,3)24-15(23)18-11-6-12(20(4)8-11)7-17-13-9-21(5)14(10-22)19-13/h6,8-10,14,17,19H,7H2,1-5H3,(H,18,23). The Balaban J connectivity index is 1.91. The second-order valence-corrected chi connectivity index (χ2v) is 6.74. The summed E-state index contributed by atoms with van der Waals surface area (Å²) < 4.78 is 7.15. The second-order valence-electron chi connectivity index (χ2n) is 6.74. The van der Waals surface area contributed by atoms with Crippen LogP contribution in [0.3, 0.4) is 0 Å². The lowest BCUT2D eigenvalue weighted by Gasteiger charge is -2.19. The lowest BCUT2D eigenvalue weighted by atomic mass is 10.2. The lowest BCUT2D eigenvalue weighted by molar-refractivity contribution is -0.111. The van der Waals surface area contributed by atoms with E-state index >= 15 is 0 Å². The lowest BCUT2D eigenvalue weighted by Crippen LogP contribution is -2.37. The molecule has 0 aliphatic carbocycles. The highest BCUT2D eigenvalue weighted by Crippen LogP contribution is 2.15. The summed E-state index contributed by atoms with van der Waals surface area (Å²) in [6.45, 7) is 6.00. The zero-order valence-corrected chi connectivity index (χ0v) is 14.7. The van der Waals surface area contributed by atoms with Crippen LogP contribution >= 0.6 is 0 Å². The van der Waals surface area contributed by atoms with E-state index in [4.69, 9.17) is 4.74 Å². The summed E-state index contributed by atoms with van der Waals surface area (Å²) in [5, 5.41) is 8.99. The number of hydrogen-bond acceptors (Lipinski definition) is 6. The van der Waals surface area contributed by atoms with Crippen molar-refractivity contribution in [2.75, 3.05) is 12.4 Å². The predicted molar refractivity (Wildman–Crippen MR) is 90.9 cm³/mol. The van der Waals surface area contributed by atoms with E-state index in [1.54, 1.807) is 4.90 Å². The molecule has 1 amide bonds. The number of aldehydes is 1. The van der Waals surface area contributed by atoms with Gasteiger partial charge in [-0.2, -0.15) is 0 Å². The van der Waals surface area contributed by atoms with Gasteiger partial charge in [-0.05, 0) is 26.8 Å². The normalized spacial score (nSPS) is 17.1. The molecule has 1 aromatic heterocycles. The fourth-order valence-corrected chi connectivity index (χ4v) is 2.27. The molecule has 3 N–H and O–H groups in total. The molecule has 0 spiro atoms. The van der Waals surface area contributed by atoms with Crippen LogP contribution in [0.2, 0.25) is 0 Å².